The van der Waals surface area contributed by atoms with Crippen molar-refractivity contribution in [2.24, 2.45) is 0 Å². The van der Waals surface area contributed by atoms with Crippen molar-refractivity contribution >= 4 is 10.9 Å². The summed E-state index contributed by atoms with van der Waals surface area (Å²) in [5, 5.41) is 1.25. The predicted molar refractivity (Wildman–Crippen MR) is 123 cm³/mol. The number of aromatic nitrogens is 1. The van der Waals surface area contributed by atoms with Gasteiger partial charge in [-0.25, -0.2) is 0 Å². The quantitative estimate of drug-likeness (QED) is 0.425. The highest BCUT2D eigenvalue weighted by atomic mass is 16.5. The van der Waals surface area contributed by atoms with Crippen LogP contribution in [0.25, 0.3) is 10.9 Å². The number of likely N-dealkylation sites (tertiary alicyclic amines) is 1. The number of piperidine rings is 1. The third-order valence-electron chi connectivity index (χ3n) is 6.13. The van der Waals surface area contributed by atoms with E-state index in [0.29, 0.717) is 12.5 Å². The van der Waals surface area contributed by atoms with E-state index in [9.17, 15) is 0 Å². The topological polar surface area (TPSA) is 28.3 Å². The average molecular weight is 397 g/mol. The van der Waals surface area contributed by atoms with Crippen LogP contribution >= 0.6 is 0 Å². The van der Waals surface area contributed by atoms with Gasteiger partial charge in [0.1, 0.15) is 12.4 Å². The lowest BCUT2D eigenvalue weighted by atomic mass is 9.90. The zero-order valence-electron chi connectivity index (χ0n) is 17.3. The van der Waals surface area contributed by atoms with E-state index in [-0.39, 0.29) is 0 Å². The van der Waals surface area contributed by atoms with Crippen molar-refractivity contribution in [2.45, 2.75) is 31.9 Å². The molecular formula is C27H28N2O. The molecule has 0 saturated carbocycles. The highest BCUT2D eigenvalue weighted by Crippen LogP contribution is 2.37. The van der Waals surface area contributed by atoms with Gasteiger partial charge in [-0.2, -0.15) is 0 Å². The SMILES string of the molecule is c1ccc(COc2cccc3[nH]cc(C4CCCN(Cc5ccccc5)C4)c23)cc1. The molecule has 152 valence electrons. The maximum absolute atomic E-state index is 6.28. The average Bonchev–Trinajstić information content (AvgIpc) is 3.24. The van der Waals surface area contributed by atoms with Crippen molar-refractivity contribution in [3.8, 4) is 5.75 Å². The number of H-pyrrole nitrogens is 1. The summed E-state index contributed by atoms with van der Waals surface area (Å²) >= 11 is 0. The van der Waals surface area contributed by atoms with Crippen LogP contribution in [-0.2, 0) is 13.2 Å². The maximum Gasteiger partial charge on any atom is 0.129 e. The molecule has 0 aliphatic carbocycles. The summed E-state index contributed by atoms with van der Waals surface area (Å²) in [6.45, 7) is 3.88. The van der Waals surface area contributed by atoms with Crippen LogP contribution < -0.4 is 4.74 Å². The second kappa shape index (κ2) is 8.76. The van der Waals surface area contributed by atoms with Crippen molar-refractivity contribution in [1.29, 1.82) is 0 Å². The normalized spacial score (nSPS) is 17.3. The molecule has 1 aromatic heterocycles. The summed E-state index contributed by atoms with van der Waals surface area (Å²) < 4.78 is 6.28. The Bertz CT molecular complexity index is 1090. The predicted octanol–water partition coefficient (Wildman–Crippen LogP) is 6.13. The molecule has 0 spiro atoms. The van der Waals surface area contributed by atoms with Crippen molar-refractivity contribution < 1.29 is 4.74 Å². The minimum Gasteiger partial charge on any atom is -0.488 e. The van der Waals surface area contributed by atoms with E-state index in [1.165, 1.54) is 41.5 Å². The molecule has 3 aromatic carbocycles. The molecule has 3 nitrogen and oxygen atoms in total. The minimum absolute atomic E-state index is 0.526. The Morgan fingerprint density at radius 3 is 2.43 bits per heavy atom. The van der Waals surface area contributed by atoms with Gasteiger partial charge in [-0.15, -0.1) is 0 Å². The largest absolute Gasteiger partial charge is 0.488 e. The van der Waals surface area contributed by atoms with Gasteiger partial charge in [-0.3, -0.25) is 4.90 Å². The van der Waals surface area contributed by atoms with Gasteiger partial charge < -0.3 is 9.72 Å². The van der Waals surface area contributed by atoms with Crippen LogP contribution in [0.15, 0.2) is 85.1 Å². The molecule has 2 heterocycles. The second-order valence-electron chi connectivity index (χ2n) is 8.26. The van der Waals surface area contributed by atoms with Crippen molar-refractivity contribution in [3.05, 3.63) is 102 Å². The molecule has 1 fully saturated rings. The minimum atomic E-state index is 0.526. The summed E-state index contributed by atoms with van der Waals surface area (Å²) in [7, 11) is 0. The summed E-state index contributed by atoms with van der Waals surface area (Å²) in [5.41, 5.74) is 5.14. The van der Waals surface area contributed by atoms with Gasteiger partial charge in [0.2, 0.25) is 0 Å². The van der Waals surface area contributed by atoms with E-state index < -0.39 is 0 Å². The van der Waals surface area contributed by atoms with E-state index in [1.54, 1.807) is 0 Å². The van der Waals surface area contributed by atoms with E-state index in [2.05, 4.69) is 88.9 Å². The molecule has 1 unspecified atom stereocenters. The number of aromatic amines is 1. The molecule has 1 saturated heterocycles. The second-order valence-corrected chi connectivity index (χ2v) is 8.26. The van der Waals surface area contributed by atoms with Crippen LogP contribution in [0.3, 0.4) is 0 Å². The number of hydrogen-bond donors (Lipinski definition) is 1. The fraction of sp³-hybridized carbons (Fsp3) is 0.259. The summed E-state index contributed by atoms with van der Waals surface area (Å²) in [6, 6.07) is 27.5. The maximum atomic E-state index is 6.28. The molecule has 1 aliphatic rings. The van der Waals surface area contributed by atoms with Crippen LogP contribution in [0.1, 0.15) is 35.4 Å². The first-order valence-electron chi connectivity index (χ1n) is 10.9. The van der Waals surface area contributed by atoms with Crippen molar-refractivity contribution in [1.82, 2.24) is 9.88 Å². The number of ether oxygens (including phenoxy) is 1. The number of fused-ring (bicyclic) bond motifs is 1. The Kier molecular flexibility index (Phi) is 5.54. The molecule has 0 bridgehead atoms. The van der Waals surface area contributed by atoms with Crippen LogP contribution in [0.4, 0.5) is 0 Å². The molecular weight excluding hydrogens is 368 g/mol. The van der Waals surface area contributed by atoms with Crippen LogP contribution in [0.2, 0.25) is 0 Å². The van der Waals surface area contributed by atoms with Gasteiger partial charge >= 0.3 is 0 Å². The lowest BCUT2D eigenvalue weighted by molar-refractivity contribution is 0.200. The molecule has 0 radical (unpaired) electrons. The van der Waals surface area contributed by atoms with E-state index in [1.807, 2.05) is 6.07 Å². The zero-order chi connectivity index (χ0) is 20.2. The van der Waals surface area contributed by atoms with E-state index in [4.69, 9.17) is 4.74 Å². The molecule has 4 aromatic rings. The van der Waals surface area contributed by atoms with Gasteiger partial charge in [0.15, 0.2) is 0 Å². The summed E-state index contributed by atoms with van der Waals surface area (Å²) in [6.07, 6.45) is 4.67. The smallest absolute Gasteiger partial charge is 0.129 e. The third-order valence-corrected chi connectivity index (χ3v) is 6.13. The Hall–Kier alpha value is -3.04. The van der Waals surface area contributed by atoms with Gasteiger partial charge in [0.05, 0.1) is 0 Å². The lowest BCUT2D eigenvalue weighted by Gasteiger charge is -2.33. The van der Waals surface area contributed by atoms with Crippen LogP contribution in [0.5, 0.6) is 5.75 Å². The Morgan fingerprint density at radius 1 is 0.867 bits per heavy atom. The van der Waals surface area contributed by atoms with E-state index in [0.717, 1.165) is 24.4 Å². The zero-order valence-corrected chi connectivity index (χ0v) is 17.3. The number of nitrogens with one attached hydrogen (secondary N) is 1. The fourth-order valence-electron chi connectivity index (χ4n) is 4.65. The summed E-state index contributed by atoms with van der Waals surface area (Å²) in [4.78, 5) is 6.08. The fourth-order valence-corrected chi connectivity index (χ4v) is 4.65. The molecule has 3 heteroatoms. The molecule has 1 atom stereocenters. The van der Waals surface area contributed by atoms with E-state index >= 15 is 0 Å². The van der Waals surface area contributed by atoms with Crippen LogP contribution in [0, 0.1) is 0 Å². The Balaban J connectivity index is 1.37. The molecule has 1 N–H and O–H groups in total. The Morgan fingerprint density at radius 2 is 1.63 bits per heavy atom. The van der Waals surface area contributed by atoms with Crippen LogP contribution in [-0.4, -0.2) is 23.0 Å². The first kappa shape index (κ1) is 19.0. The van der Waals surface area contributed by atoms with Gasteiger partial charge in [0, 0.05) is 30.2 Å². The number of hydrogen-bond acceptors (Lipinski definition) is 2. The first-order valence-corrected chi connectivity index (χ1v) is 10.9. The third kappa shape index (κ3) is 4.12. The number of benzene rings is 3. The summed E-state index contributed by atoms with van der Waals surface area (Å²) in [5.74, 6) is 1.51. The lowest BCUT2D eigenvalue weighted by Crippen LogP contribution is -2.33. The van der Waals surface area contributed by atoms with Crippen molar-refractivity contribution in [2.75, 3.05) is 13.1 Å². The monoisotopic (exact) mass is 396 g/mol. The first-order chi connectivity index (χ1) is 14.9. The number of nitrogens with zero attached hydrogens (tertiary/aromatic N) is 1. The van der Waals surface area contributed by atoms with Crippen molar-refractivity contribution in [3.63, 3.8) is 0 Å². The molecule has 5 rings (SSSR count). The molecule has 0 amide bonds. The van der Waals surface area contributed by atoms with Gasteiger partial charge in [-0.1, -0.05) is 66.7 Å². The molecule has 1 aliphatic heterocycles. The standard InChI is InChI=1S/C27H28N2O/c1-3-9-21(10-4-1)18-29-16-8-13-23(19-29)24-17-28-25-14-7-15-26(27(24)25)30-20-22-11-5-2-6-12-22/h1-7,9-12,14-15,17,23,28H,8,13,16,18-20H2. The molecule has 30 heavy (non-hydrogen) atoms. The highest BCUT2D eigenvalue weighted by Gasteiger charge is 2.25. The highest BCUT2D eigenvalue weighted by molar-refractivity contribution is 5.89. The Labute approximate surface area is 178 Å². The number of rotatable bonds is 6. The van der Waals surface area contributed by atoms with Gasteiger partial charge in [0.25, 0.3) is 0 Å². The van der Waals surface area contributed by atoms with Gasteiger partial charge in [-0.05, 0) is 54.1 Å².